The Hall–Kier alpha value is -2.44. The van der Waals surface area contributed by atoms with E-state index in [-0.39, 0.29) is 11.5 Å². The van der Waals surface area contributed by atoms with Crippen molar-refractivity contribution in [1.82, 2.24) is 0 Å². The predicted molar refractivity (Wildman–Crippen MR) is 109 cm³/mol. The molecule has 0 aliphatic carbocycles. The van der Waals surface area contributed by atoms with E-state index in [0.29, 0.717) is 62.5 Å². The Labute approximate surface area is 172 Å². The van der Waals surface area contributed by atoms with Gasteiger partial charge in [0.2, 0.25) is 5.75 Å². The Bertz CT molecular complexity index is 735. The monoisotopic (exact) mass is 410 g/mol. The zero-order chi connectivity index (χ0) is 22.4. The van der Waals surface area contributed by atoms with Gasteiger partial charge in [0.1, 0.15) is 0 Å². The SMILES string of the molecule is CC(C)(CCCCc1cc(O)c(O)c(O)c1CCCCC(C)(C)C(=O)O)C(=O)O. The molecule has 0 saturated carbocycles. The number of hydrogen-bond donors (Lipinski definition) is 5. The van der Waals surface area contributed by atoms with E-state index >= 15 is 0 Å². The number of phenols is 3. The number of unbranched alkanes of at least 4 members (excludes halogenated alkanes) is 2. The molecule has 1 aromatic rings. The molecule has 0 spiro atoms. The third kappa shape index (κ3) is 6.84. The molecule has 0 amide bonds. The predicted octanol–water partition coefficient (Wildman–Crippen LogP) is 4.45. The number of carboxylic acid groups (broad SMARTS) is 2. The van der Waals surface area contributed by atoms with E-state index in [0.717, 1.165) is 0 Å². The average Bonchev–Trinajstić information content (AvgIpc) is 2.61. The first-order valence-corrected chi connectivity index (χ1v) is 10.0. The highest BCUT2D eigenvalue weighted by atomic mass is 16.4. The fraction of sp³-hybridized carbons (Fsp3) is 0.636. The van der Waals surface area contributed by atoms with Crippen molar-refractivity contribution in [2.24, 2.45) is 10.8 Å². The molecule has 0 unspecified atom stereocenters. The molecular formula is C22H34O7. The van der Waals surface area contributed by atoms with Crippen LogP contribution in [0.15, 0.2) is 6.07 Å². The van der Waals surface area contributed by atoms with Crippen LogP contribution in [-0.4, -0.2) is 37.5 Å². The van der Waals surface area contributed by atoms with Gasteiger partial charge in [-0.05, 0) is 77.8 Å². The molecule has 5 N–H and O–H groups in total. The lowest BCUT2D eigenvalue weighted by Gasteiger charge is -2.20. The van der Waals surface area contributed by atoms with E-state index < -0.39 is 28.5 Å². The van der Waals surface area contributed by atoms with Crippen molar-refractivity contribution in [1.29, 1.82) is 0 Å². The van der Waals surface area contributed by atoms with Gasteiger partial charge in [-0.3, -0.25) is 9.59 Å². The molecule has 0 atom stereocenters. The molecule has 29 heavy (non-hydrogen) atoms. The maximum absolute atomic E-state index is 11.2. The molecule has 0 heterocycles. The fourth-order valence-corrected chi connectivity index (χ4v) is 3.20. The molecule has 0 aromatic heterocycles. The summed E-state index contributed by atoms with van der Waals surface area (Å²) in [6.07, 6.45) is 4.62. The maximum atomic E-state index is 11.2. The minimum absolute atomic E-state index is 0.344. The first kappa shape index (κ1) is 24.6. The van der Waals surface area contributed by atoms with Crippen molar-refractivity contribution in [2.75, 3.05) is 0 Å². The van der Waals surface area contributed by atoms with Crippen molar-refractivity contribution >= 4 is 11.9 Å². The second-order valence-electron chi connectivity index (χ2n) is 9.02. The topological polar surface area (TPSA) is 135 Å². The zero-order valence-electron chi connectivity index (χ0n) is 17.8. The smallest absolute Gasteiger partial charge is 0.309 e. The second-order valence-corrected chi connectivity index (χ2v) is 9.02. The minimum atomic E-state index is -0.854. The molecule has 7 nitrogen and oxygen atoms in total. The van der Waals surface area contributed by atoms with E-state index in [4.69, 9.17) is 0 Å². The maximum Gasteiger partial charge on any atom is 0.309 e. The molecule has 1 rings (SSSR count). The fourth-order valence-electron chi connectivity index (χ4n) is 3.20. The third-order valence-corrected chi connectivity index (χ3v) is 5.59. The van der Waals surface area contributed by atoms with Crippen LogP contribution in [0.2, 0.25) is 0 Å². The number of aryl methyl sites for hydroxylation is 1. The molecule has 0 bridgehead atoms. The molecule has 0 saturated heterocycles. The molecule has 7 heteroatoms. The number of phenolic OH excluding ortho intramolecular Hbond substituents is 3. The van der Waals surface area contributed by atoms with Crippen LogP contribution in [-0.2, 0) is 22.4 Å². The van der Waals surface area contributed by atoms with Gasteiger partial charge in [-0.15, -0.1) is 0 Å². The lowest BCUT2D eigenvalue weighted by atomic mass is 9.85. The first-order valence-electron chi connectivity index (χ1n) is 10.0. The van der Waals surface area contributed by atoms with Crippen LogP contribution in [0.1, 0.15) is 77.3 Å². The van der Waals surface area contributed by atoms with Crippen LogP contribution in [0, 0.1) is 10.8 Å². The zero-order valence-corrected chi connectivity index (χ0v) is 17.8. The van der Waals surface area contributed by atoms with Gasteiger partial charge in [-0.1, -0.05) is 12.8 Å². The second kappa shape index (κ2) is 9.85. The Balaban J connectivity index is 2.77. The summed E-state index contributed by atoms with van der Waals surface area (Å²) in [7, 11) is 0. The lowest BCUT2D eigenvalue weighted by molar-refractivity contribution is -0.148. The van der Waals surface area contributed by atoms with Gasteiger partial charge in [0.25, 0.3) is 0 Å². The number of rotatable bonds is 12. The van der Waals surface area contributed by atoms with Crippen molar-refractivity contribution in [2.45, 2.75) is 79.1 Å². The van der Waals surface area contributed by atoms with E-state index in [1.54, 1.807) is 27.7 Å². The Morgan fingerprint density at radius 3 is 1.66 bits per heavy atom. The summed E-state index contributed by atoms with van der Waals surface area (Å²) in [5, 5.41) is 48.4. The third-order valence-electron chi connectivity index (χ3n) is 5.59. The highest BCUT2D eigenvalue weighted by Gasteiger charge is 2.27. The van der Waals surface area contributed by atoms with E-state index in [1.807, 2.05) is 0 Å². The van der Waals surface area contributed by atoms with Gasteiger partial charge in [0.05, 0.1) is 10.8 Å². The largest absolute Gasteiger partial charge is 0.504 e. The Morgan fingerprint density at radius 2 is 1.21 bits per heavy atom. The first-order chi connectivity index (χ1) is 13.3. The van der Waals surface area contributed by atoms with E-state index in [1.165, 1.54) is 6.07 Å². The number of aliphatic carboxylic acids is 2. The van der Waals surface area contributed by atoms with Crippen molar-refractivity contribution in [3.05, 3.63) is 17.2 Å². The van der Waals surface area contributed by atoms with Crippen LogP contribution >= 0.6 is 0 Å². The van der Waals surface area contributed by atoms with Crippen molar-refractivity contribution in [3.8, 4) is 17.2 Å². The molecule has 0 aliphatic heterocycles. The summed E-state index contributed by atoms with van der Waals surface area (Å²) in [6, 6.07) is 1.44. The number of aromatic hydroxyl groups is 3. The number of hydrogen-bond acceptors (Lipinski definition) is 5. The molecule has 0 radical (unpaired) electrons. The number of benzene rings is 1. The quantitative estimate of drug-likeness (QED) is 0.254. The molecule has 164 valence electrons. The molecule has 0 fully saturated rings. The number of carbonyl (C=O) groups is 2. The summed E-state index contributed by atoms with van der Waals surface area (Å²) in [4.78, 5) is 22.4. The molecule has 0 aliphatic rings. The van der Waals surface area contributed by atoms with Crippen molar-refractivity contribution < 1.29 is 35.1 Å². The highest BCUT2D eigenvalue weighted by molar-refractivity contribution is 5.73. The van der Waals surface area contributed by atoms with Crippen LogP contribution in [0.25, 0.3) is 0 Å². The van der Waals surface area contributed by atoms with Gasteiger partial charge in [-0.2, -0.15) is 0 Å². The summed E-state index contributed by atoms with van der Waals surface area (Å²) < 4.78 is 0. The van der Waals surface area contributed by atoms with Gasteiger partial charge < -0.3 is 25.5 Å². The molecular weight excluding hydrogens is 376 g/mol. The van der Waals surface area contributed by atoms with Gasteiger partial charge >= 0.3 is 11.9 Å². The number of carboxylic acids is 2. The highest BCUT2D eigenvalue weighted by Crippen LogP contribution is 2.41. The standard InChI is InChI=1S/C22H34O7/c1-21(2,19(26)27)11-7-5-9-14-13-16(23)18(25)17(24)15(14)10-6-8-12-22(3,4)20(28)29/h13,23-25H,5-12H2,1-4H3,(H,26,27)(H,28,29). The average molecular weight is 411 g/mol. The van der Waals surface area contributed by atoms with E-state index in [2.05, 4.69) is 0 Å². The van der Waals surface area contributed by atoms with E-state index in [9.17, 15) is 35.1 Å². The Kier molecular flexibility index (Phi) is 8.36. The van der Waals surface area contributed by atoms with Gasteiger partial charge in [-0.25, -0.2) is 0 Å². The van der Waals surface area contributed by atoms with Gasteiger partial charge in [0.15, 0.2) is 11.5 Å². The molecule has 1 aromatic carbocycles. The van der Waals surface area contributed by atoms with Crippen LogP contribution in [0.3, 0.4) is 0 Å². The summed E-state index contributed by atoms with van der Waals surface area (Å²) in [5.41, 5.74) is -0.368. The summed E-state index contributed by atoms with van der Waals surface area (Å²) >= 11 is 0. The Morgan fingerprint density at radius 1 is 0.759 bits per heavy atom. The lowest BCUT2D eigenvalue weighted by Crippen LogP contribution is -2.23. The minimum Gasteiger partial charge on any atom is -0.504 e. The van der Waals surface area contributed by atoms with Crippen LogP contribution < -0.4 is 0 Å². The van der Waals surface area contributed by atoms with Gasteiger partial charge in [0, 0.05) is 5.56 Å². The summed E-state index contributed by atoms with van der Waals surface area (Å²) in [6.45, 7) is 6.70. The normalized spacial score (nSPS) is 12.1. The summed E-state index contributed by atoms with van der Waals surface area (Å²) in [5.74, 6) is -2.99. The van der Waals surface area contributed by atoms with Crippen molar-refractivity contribution in [3.63, 3.8) is 0 Å². The van der Waals surface area contributed by atoms with Crippen LogP contribution in [0.5, 0.6) is 17.2 Å². The van der Waals surface area contributed by atoms with Crippen LogP contribution in [0.4, 0.5) is 0 Å².